The van der Waals surface area contributed by atoms with Gasteiger partial charge in [0.05, 0.1) is 19.7 Å². The van der Waals surface area contributed by atoms with Crippen LogP contribution < -0.4 is 20.3 Å². The molecule has 2 N–H and O–H groups in total. The van der Waals surface area contributed by atoms with Gasteiger partial charge in [-0.1, -0.05) is 70.8 Å². The molecule has 0 unspecified atom stereocenters. The summed E-state index contributed by atoms with van der Waals surface area (Å²) < 4.78 is 12.1. The first-order chi connectivity index (χ1) is 16.5. The number of hydrogen-bond acceptors (Lipinski definition) is 5. The summed E-state index contributed by atoms with van der Waals surface area (Å²) in [7, 11) is 2.98. The number of nitrogens with one attached hydrogen (secondary N) is 1. The number of amides is 1. The molecule has 0 aliphatic heterocycles. The zero-order valence-electron chi connectivity index (χ0n) is 21.0. The van der Waals surface area contributed by atoms with Crippen molar-refractivity contribution in [3.05, 3.63) is 40.7 Å². The van der Waals surface area contributed by atoms with E-state index in [0.717, 1.165) is 19.3 Å². The average Bonchev–Trinajstić information content (AvgIpc) is 2.84. The number of aromatic hydroxyl groups is 1. The van der Waals surface area contributed by atoms with Crippen LogP contribution >= 0.6 is 0 Å². The number of fused-ring (bicyclic) bond motifs is 1. The van der Waals surface area contributed by atoms with Crippen molar-refractivity contribution < 1.29 is 19.4 Å². The summed E-state index contributed by atoms with van der Waals surface area (Å²) in [5, 5.41) is 14.0. The molecule has 7 nitrogen and oxygen atoms in total. The maximum Gasteiger partial charge on any atom is 0.268 e. The van der Waals surface area contributed by atoms with Crippen molar-refractivity contribution in [2.45, 2.75) is 77.7 Å². The van der Waals surface area contributed by atoms with E-state index in [-0.39, 0.29) is 17.9 Å². The fourth-order valence-corrected chi connectivity index (χ4v) is 4.18. The zero-order valence-corrected chi connectivity index (χ0v) is 21.0. The van der Waals surface area contributed by atoms with E-state index in [9.17, 15) is 14.7 Å². The van der Waals surface area contributed by atoms with Gasteiger partial charge in [0.15, 0.2) is 11.5 Å². The Bertz CT molecular complexity index is 1010. The van der Waals surface area contributed by atoms with Gasteiger partial charge in [-0.3, -0.25) is 9.59 Å². The molecule has 2 aromatic rings. The topological polar surface area (TPSA) is 89.8 Å². The van der Waals surface area contributed by atoms with Crippen LogP contribution in [0.2, 0.25) is 0 Å². The highest BCUT2D eigenvalue weighted by molar-refractivity contribution is 6.03. The van der Waals surface area contributed by atoms with Crippen LogP contribution in [0.15, 0.2) is 29.6 Å². The van der Waals surface area contributed by atoms with Gasteiger partial charge < -0.3 is 24.5 Å². The molecule has 2 rings (SSSR count). The Morgan fingerprint density at radius 1 is 1.00 bits per heavy atom. The number of unbranched alkanes of at least 4 members (excludes halogenated alkanes) is 9. The van der Waals surface area contributed by atoms with Gasteiger partial charge in [0, 0.05) is 24.5 Å². The average molecular weight is 473 g/mol. The van der Waals surface area contributed by atoms with Crippen molar-refractivity contribution in [3.8, 4) is 17.2 Å². The number of rotatable bonds is 16. The normalized spacial score (nSPS) is 10.9. The van der Waals surface area contributed by atoms with Gasteiger partial charge in [-0.25, -0.2) is 0 Å². The molecule has 1 heterocycles. The van der Waals surface area contributed by atoms with Gasteiger partial charge in [0.2, 0.25) is 0 Å². The number of allylic oxidation sites excluding steroid dienone is 1. The second kappa shape index (κ2) is 14.3. The van der Waals surface area contributed by atoms with E-state index in [2.05, 4.69) is 18.8 Å². The summed E-state index contributed by atoms with van der Waals surface area (Å²) in [5.41, 5.74) is -0.405. The van der Waals surface area contributed by atoms with Crippen molar-refractivity contribution >= 4 is 16.8 Å². The molecular formula is C27H40N2O5. The smallest absolute Gasteiger partial charge is 0.268 e. The van der Waals surface area contributed by atoms with Crippen LogP contribution in [0, 0.1) is 0 Å². The lowest BCUT2D eigenvalue weighted by Crippen LogP contribution is -2.33. The van der Waals surface area contributed by atoms with E-state index in [1.54, 1.807) is 18.2 Å². The Labute approximate surface area is 202 Å². The Balaban J connectivity index is 2.05. The lowest BCUT2D eigenvalue weighted by atomic mass is 10.1. The molecular weight excluding hydrogens is 432 g/mol. The molecule has 0 fully saturated rings. The first-order valence-electron chi connectivity index (χ1n) is 12.4. The predicted molar refractivity (Wildman–Crippen MR) is 137 cm³/mol. The van der Waals surface area contributed by atoms with Crippen LogP contribution in [-0.4, -0.2) is 36.3 Å². The molecule has 0 atom stereocenters. The van der Waals surface area contributed by atoms with Crippen LogP contribution in [0.4, 0.5) is 0 Å². The number of pyridine rings is 1. The molecule has 0 spiro atoms. The molecule has 7 heteroatoms. The summed E-state index contributed by atoms with van der Waals surface area (Å²) in [6.07, 6.45) is 13.6. The number of aromatic nitrogens is 1. The minimum Gasteiger partial charge on any atom is -0.506 e. The van der Waals surface area contributed by atoms with Crippen LogP contribution in [0.1, 0.15) is 81.5 Å². The summed E-state index contributed by atoms with van der Waals surface area (Å²) in [5.74, 6) is -0.120. The molecule has 0 aliphatic carbocycles. The molecule has 0 aliphatic rings. The van der Waals surface area contributed by atoms with Gasteiger partial charge in [-0.2, -0.15) is 0 Å². The number of ether oxygens (including phenoxy) is 2. The Morgan fingerprint density at radius 2 is 1.56 bits per heavy atom. The molecule has 1 aromatic carbocycles. The Kier molecular flexibility index (Phi) is 11.5. The number of benzene rings is 1. The lowest BCUT2D eigenvalue weighted by molar-refractivity contribution is 0.0948. The number of nitrogens with zero attached hydrogens (tertiary/aromatic N) is 1. The van der Waals surface area contributed by atoms with Crippen LogP contribution in [0.5, 0.6) is 17.2 Å². The summed E-state index contributed by atoms with van der Waals surface area (Å²) in [4.78, 5) is 26.0. The largest absolute Gasteiger partial charge is 0.506 e. The Morgan fingerprint density at radius 3 is 2.12 bits per heavy atom. The molecule has 0 bridgehead atoms. The van der Waals surface area contributed by atoms with Crippen molar-refractivity contribution in [2.24, 2.45) is 0 Å². The minimum absolute atomic E-state index is 0.184. The number of carbonyl (C=O) groups excluding carboxylic acids is 1. The van der Waals surface area contributed by atoms with E-state index in [1.165, 1.54) is 63.7 Å². The number of methoxy groups -OCH3 is 2. The second-order valence-corrected chi connectivity index (χ2v) is 8.59. The van der Waals surface area contributed by atoms with Crippen molar-refractivity contribution in [1.29, 1.82) is 0 Å². The third-order valence-corrected chi connectivity index (χ3v) is 6.10. The summed E-state index contributed by atoms with van der Waals surface area (Å²) >= 11 is 0. The SMILES string of the molecule is C=CCn1c(=O)c(C(=O)NCCCCCCCCCCCC)c(O)c2cc(OC)c(OC)cc21. The van der Waals surface area contributed by atoms with Crippen molar-refractivity contribution in [1.82, 2.24) is 9.88 Å². The number of carbonyl (C=O) groups is 1. The van der Waals surface area contributed by atoms with Crippen molar-refractivity contribution in [3.63, 3.8) is 0 Å². The lowest BCUT2D eigenvalue weighted by Gasteiger charge is -2.16. The van der Waals surface area contributed by atoms with Gasteiger partial charge >= 0.3 is 0 Å². The second-order valence-electron chi connectivity index (χ2n) is 8.59. The maximum atomic E-state index is 13.1. The van der Waals surface area contributed by atoms with Crippen molar-refractivity contribution in [2.75, 3.05) is 20.8 Å². The molecule has 1 amide bonds. The van der Waals surface area contributed by atoms with E-state index >= 15 is 0 Å². The fraction of sp³-hybridized carbons (Fsp3) is 0.556. The highest BCUT2D eigenvalue weighted by Gasteiger charge is 2.23. The monoisotopic (exact) mass is 472 g/mol. The Hall–Kier alpha value is -2.96. The highest BCUT2D eigenvalue weighted by atomic mass is 16.5. The van der Waals surface area contributed by atoms with Crippen LogP contribution in [-0.2, 0) is 6.54 Å². The molecule has 1 aromatic heterocycles. The molecule has 0 saturated carbocycles. The third-order valence-electron chi connectivity index (χ3n) is 6.10. The van der Waals surface area contributed by atoms with Gasteiger partial charge in [-0.05, 0) is 12.5 Å². The molecule has 34 heavy (non-hydrogen) atoms. The summed E-state index contributed by atoms with van der Waals surface area (Å²) in [6, 6.07) is 3.19. The van der Waals surface area contributed by atoms with Gasteiger partial charge in [0.1, 0.15) is 11.3 Å². The maximum absolute atomic E-state index is 13.1. The van der Waals surface area contributed by atoms with Gasteiger partial charge in [-0.15, -0.1) is 6.58 Å². The van der Waals surface area contributed by atoms with E-state index in [4.69, 9.17) is 9.47 Å². The summed E-state index contributed by atoms with van der Waals surface area (Å²) in [6.45, 7) is 6.58. The molecule has 0 radical (unpaired) electrons. The van der Waals surface area contributed by atoms with Crippen LogP contribution in [0.25, 0.3) is 10.9 Å². The fourth-order valence-electron chi connectivity index (χ4n) is 4.18. The van der Waals surface area contributed by atoms with Crippen LogP contribution in [0.3, 0.4) is 0 Å². The van der Waals surface area contributed by atoms with E-state index in [0.29, 0.717) is 28.9 Å². The molecule has 188 valence electrons. The first-order valence-corrected chi connectivity index (χ1v) is 12.4. The highest BCUT2D eigenvalue weighted by Crippen LogP contribution is 2.36. The minimum atomic E-state index is -0.576. The predicted octanol–water partition coefficient (Wildman–Crippen LogP) is 5.56. The quantitative estimate of drug-likeness (QED) is 0.247. The van der Waals surface area contributed by atoms with Gasteiger partial charge in [0.25, 0.3) is 11.5 Å². The molecule has 0 saturated heterocycles. The standard InChI is InChI=1S/C27H40N2O5/c1-5-7-8-9-10-11-12-13-14-15-16-28-26(31)24-25(30)20-18-22(33-3)23(34-4)19-21(20)29(17-6-2)27(24)32/h6,18-19,30H,2,5,7-17H2,1,3-4H3,(H,28,31). The number of hydrogen-bond donors (Lipinski definition) is 2. The van der Waals surface area contributed by atoms with E-state index in [1.807, 2.05) is 0 Å². The zero-order chi connectivity index (χ0) is 24.9. The van der Waals surface area contributed by atoms with E-state index < -0.39 is 11.5 Å². The first kappa shape index (κ1) is 27.3. The third kappa shape index (κ3) is 7.02.